The monoisotopic (exact) mass is 279 g/mol. The zero-order valence-electron chi connectivity index (χ0n) is 11.7. The predicted molar refractivity (Wildman–Crippen MR) is 82.0 cm³/mol. The quantitative estimate of drug-likeness (QED) is 0.934. The number of rotatable bonds is 3. The van der Waals surface area contributed by atoms with Crippen molar-refractivity contribution >= 4 is 11.6 Å². The number of hydrogen-bond acceptors (Lipinski definition) is 5. The third-order valence-electron chi connectivity index (χ3n) is 3.66. The average molecular weight is 279 g/mol. The molecule has 21 heavy (non-hydrogen) atoms. The maximum atomic E-state index is 9.01. The summed E-state index contributed by atoms with van der Waals surface area (Å²) in [6.07, 6.45) is 5.70. The van der Waals surface area contributed by atoms with E-state index in [1.165, 1.54) is 0 Å². The largest absolute Gasteiger partial charge is 0.369 e. The molecular weight excluding hydrogens is 262 g/mol. The van der Waals surface area contributed by atoms with E-state index in [2.05, 4.69) is 32.3 Å². The second-order valence-corrected chi connectivity index (χ2v) is 5.16. The van der Waals surface area contributed by atoms with Crippen LogP contribution in [0.3, 0.4) is 0 Å². The first kappa shape index (κ1) is 13.4. The van der Waals surface area contributed by atoms with Crippen LogP contribution in [0.25, 0.3) is 0 Å². The zero-order valence-corrected chi connectivity index (χ0v) is 11.7. The first-order valence-electron chi connectivity index (χ1n) is 7.14. The van der Waals surface area contributed by atoms with E-state index in [4.69, 9.17) is 5.26 Å². The topological polar surface area (TPSA) is 64.8 Å². The molecule has 0 saturated carbocycles. The molecule has 5 heteroatoms. The van der Waals surface area contributed by atoms with Crippen molar-refractivity contribution in [3.8, 4) is 6.07 Å². The summed E-state index contributed by atoms with van der Waals surface area (Å²) in [6.45, 7) is 1.91. The van der Waals surface area contributed by atoms with Gasteiger partial charge in [0.2, 0.25) is 5.95 Å². The van der Waals surface area contributed by atoms with Gasteiger partial charge in [0, 0.05) is 37.2 Å². The Morgan fingerprint density at radius 2 is 2.10 bits per heavy atom. The van der Waals surface area contributed by atoms with Gasteiger partial charge in [-0.2, -0.15) is 5.26 Å². The maximum absolute atomic E-state index is 9.01. The molecule has 1 aromatic carbocycles. The Morgan fingerprint density at radius 1 is 1.24 bits per heavy atom. The van der Waals surface area contributed by atoms with E-state index in [1.54, 1.807) is 12.4 Å². The van der Waals surface area contributed by atoms with Crippen LogP contribution in [0.5, 0.6) is 0 Å². The Labute approximate surface area is 124 Å². The van der Waals surface area contributed by atoms with Gasteiger partial charge < -0.3 is 10.2 Å². The molecule has 2 heterocycles. The number of nitriles is 1. The average Bonchev–Trinajstić information content (AvgIpc) is 2.56. The summed E-state index contributed by atoms with van der Waals surface area (Å²) in [5.74, 6) is 0.676. The van der Waals surface area contributed by atoms with Crippen molar-refractivity contribution < 1.29 is 0 Å². The van der Waals surface area contributed by atoms with Crippen LogP contribution in [0, 0.1) is 11.3 Å². The third-order valence-corrected chi connectivity index (χ3v) is 3.66. The van der Waals surface area contributed by atoms with E-state index < -0.39 is 0 Å². The summed E-state index contributed by atoms with van der Waals surface area (Å²) in [4.78, 5) is 10.7. The van der Waals surface area contributed by atoms with Gasteiger partial charge in [-0.3, -0.25) is 0 Å². The van der Waals surface area contributed by atoms with Gasteiger partial charge in [-0.05, 0) is 37.1 Å². The molecule has 0 amide bonds. The van der Waals surface area contributed by atoms with E-state index in [1.807, 2.05) is 24.3 Å². The Hall–Kier alpha value is -2.61. The van der Waals surface area contributed by atoms with E-state index in [0.717, 1.165) is 31.6 Å². The van der Waals surface area contributed by atoms with Crippen molar-refractivity contribution in [2.75, 3.05) is 23.3 Å². The highest BCUT2D eigenvalue weighted by molar-refractivity contribution is 5.52. The zero-order chi connectivity index (χ0) is 14.5. The van der Waals surface area contributed by atoms with Crippen molar-refractivity contribution in [1.29, 1.82) is 5.26 Å². The molecule has 1 aliphatic rings. The van der Waals surface area contributed by atoms with Gasteiger partial charge in [-0.15, -0.1) is 0 Å². The molecule has 0 bridgehead atoms. The van der Waals surface area contributed by atoms with Gasteiger partial charge >= 0.3 is 0 Å². The normalized spacial score (nSPS) is 18.0. The number of anilines is 2. The van der Waals surface area contributed by atoms with E-state index in [-0.39, 0.29) is 0 Å². The molecule has 1 atom stereocenters. The molecule has 1 saturated heterocycles. The lowest BCUT2D eigenvalue weighted by Crippen LogP contribution is -2.42. The molecule has 5 nitrogen and oxygen atoms in total. The highest BCUT2D eigenvalue weighted by atomic mass is 15.2. The van der Waals surface area contributed by atoms with Crippen LogP contribution in [-0.2, 0) is 0 Å². The van der Waals surface area contributed by atoms with Crippen LogP contribution in [0.2, 0.25) is 0 Å². The van der Waals surface area contributed by atoms with E-state index in [0.29, 0.717) is 17.6 Å². The van der Waals surface area contributed by atoms with Crippen molar-refractivity contribution in [2.24, 2.45) is 0 Å². The molecule has 1 fully saturated rings. The minimum atomic E-state index is 0.326. The fourth-order valence-corrected chi connectivity index (χ4v) is 2.66. The Kier molecular flexibility index (Phi) is 3.97. The van der Waals surface area contributed by atoms with Crippen LogP contribution in [-0.4, -0.2) is 29.1 Å². The number of hydrogen-bond donors (Lipinski definition) is 1. The second kappa shape index (κ2) is 6.23. The molecule has 3 rings (SSSR count). The van der Waals surface area contributed by atoms with Crippen LogP contribution >= 0.6 is 0 Å². The highest BCUT2D eigenvalue weighted by Crippen LogP contribution is 2.22. The molecule has 0 spiro atoms. The van der Waals surface area contributed by atoms with Crippen LogP contribution < -0.4 is 10.2 Å². The van der Waals surface area contributed by atoms with Crippen molar-refractivity contribution in [3.63, 3.8) is 0 Å². The molecule has 1 N–H and O–H groups in total. The SMILES string of the molecule is N#Cc1cccc(N2CCC[C@H](Nc3ncccn3)C2)c1. The first-order chi connectivity index (χ1) is 10.3. The molecule has 106 valence electrons. The van der Waals surface area contributed by atoms with Crippen LogP contribution in [0.1, 0.15) is 18.4 Å². The smallest absolute Gasteiger partial charge is 0.222 e. The molecule has 0 radical (unpaired) electrons. The minimum Gasteiger partial charge on any atom is -0.369 e. The number of nitrogens with one attached hydrogen (secondary N) is 1. The standard InChI is InChI=1S/C16H17N5/c17-11-13-4-1-6-15(10-13)21-9-2-5-14(12-21)20-16-18-7-3-8-19-16/h1,3-4,6-8,10,14H,2,5,9,12H2,(H,18,19,20)/t14-/m0/s1. The number of piperidine rings is 1. The molecule has 1 aromatic heterocycles. The minimum absolute atomic E-state index is 0.326. The van der Waals surface area contributed by atoms with Crippen LogP contribution in [0.15, 0.2) is 42.7 Å². The lowest BCUT2D eigenvalue weighted by molar-refractivity contribution is 0.527. The van der Waals surface area contributed by atoms with Gasteiger partial charge in [0.15, 0.2) is 0 Å². The Morgan fingerprint density at radius 3 is 2.90 bits per heavy atom. The van der Waals surface area contributed by atoms with Gasteiger partial charge in [0.1, 0.15) is 0 Å². The van der Waals surface area contributed by atoms with Crippen molar-refractivity contribution in [3.05, 3.63) is 48.3 Å². The predicted octanol–water partition coefficient (Wildman–Crippen LogP) is 2.43. The molecule has 2 aromatic rings. The molecule has 0 aliphatic carbocycles. The van der Waals surface area contributed by atoms with Crippen molar-refractivity contribution in [2.45, 2.75) is 18.9 Å². The summed E-state index contributed by atoms with van der Waals surface area (Å²) in [5.41, 5.74) is 1.81. The Balaban J connectivity index is 1.69. The van der Waals surface area contributed by atoms with Crippen LogP contribution in [0.4, 0.5) is 11.6 Å². The number of benzene rings is 1. The maximum Gasteiger partial charge on any atom is 0.222 e. The lowest BCUT2D eigenvalue weighted by Gasteiger charge is -2.34. The second-order valence-electron chi connectivity index (χ2n) is 5.16. The molecule has 1 aliphatic heterocycles. The summed E-state index contributed by atoms with van der Waals surface area (Å²) in [6, 6.07) is 12.1. The van der Waals surface area contributed by atoms with Crippen molar-refractivity contribution in [1.82, 2.24) is 9.97 Å². The first-order valence-corrected chi connectivity index (χ1v) is 7.14. The number of aromatic nitrogens is 2. The van der Waals surface area contributed by atoms with Gasteiger partial charge in [0.05, 0.1) is 11.6 Å². The summed E-state index contributed by atoms with van der Waals surface area (Å²) >= 11 is 0. The summed E-state index contributed by atoms with van der Waals surface area (Å²) in [5, 5.41) is 12.4. The van der Waals surface area contributed by atoms with Gasteiger partial charge in [-0.25, -0.2) is 9.97 Å². The number of nitrogens with zero attached hydrogens (tertiary/aromatic N) is 4. The van der Waals surface area contributed by atoms with E-state index >= 15 is 0 Å². The fourth-order valence-electron chi connectivity index (χ4n) is 2.66. The van der Waals surface area contributed by atoms with Gasteiger partial charge in [0.25, 0.3) is 0 Å². The molecule has 0 unspecified atom stereocenters. The summed E-state index contributed by atoms with van der Waals surface area (Å²) < 4.78 is 0. The lowest BCUT2D eigenvalue weighted by atomic mass is 10.0. The summed E-state index contributed by atoms with van der Waals surface area (Å²) in [7, 11) is 0. The highest BCUT2D eigenvalue weighted by Gasteiger charge is 2.20. The molecular formula is C16H17N5. The Bertz CT molecular complexity index is 635. The third kappa shape index (κ3) is 3.29. The fraction of sp³-hybridized carbons (Fsp3) is 0.312. The van der Waals surface area contributed by atoms with E-state index in [9.17, 15) is 0 Å². The van der Waals surface area contributed by atoms with Gasteiger partial charge in [-0.1, -0.05) is 6.07 Å².